The number of benzene rings is 1. The first-order chi connectivity index (χ1) is 15.0. The van der Waals surface area contributed by atoms with Crippen molar-refractivity contribution in [3.05, 3.63) is 76.3 Å². The summed E-state index contributed by atoms with van der Waals surface area (Å²) in [7, 11) is 1.72. The van der Waals surface area contributed by atoms with Crippen LogP contribution < -0.4 is 10.2 Å². The minimum atomic E-state index is -0.236. The predicted molar refractivity (Wildman–Crippen MR) is 126 cm³/mol. The number of nitrogens with zero attached hydrogens (tertiary/aromatic N) is 4. The van der Waals surface area contributed by atoms with Crippen molar-refractivity contribution in [1.82, 2.24) is 14.5 Å². The monoisotopic (exact) mass is 457 g/mol. The van der Waals surface area contributed by atoms with E-state index in [1.54, 1.807) is 17.7 Å². The van der Waals surface area contributed by atoms with Gasteiger partial charge in [-0.25, -0.2) is 0 Å². The number of carbonyl (C=O) groups excluding carboxylic acids is 1. The molecule has 1 aliphatic rings. The van der Waals surface area contributed by atoms with Gasteiger partial charge in [0.05, 0.1) is 16.4 Å². The van der Waals surface area contributed by atoms with Crippen LogP contribution in [0.4, 0.5) is 11.4 Å². The van der Waals surface area contributed by atoms with Crippen LogP contribution in [0, 0.1) is 0 Å². The topological polar surface area (TPSA) is 53.4 Å². The highest BCUT2D eigenvalue weighted by Gasteiger charge is 2.21. The summed E-state index contributed by atoms with van der Waals surface area (Å²) in [5.41, 5.74) is 3.54. The molecule has 3 heterocycles. The van der Waals surface area contributed by atoms with Crippen molar-refractivity contribution in [3.63, 3.8) is 0 Å². The first kappa shape index (κ1) is 21.7. The minimum absolute atomic E-state index is 0.236. The molecule has 1 saturated heterocycles. The lowest BCUT2D eigenvalue weighted by Crippen LogP contribution is -2.47. The van der Waals surface area contributed by atoms with E-state index >= 15 is 0 Å². The van der Waals surface area contributed by atoms with E-state index in [0.29, 0.717) is 15.9 Å². The summed E-state index contributed by atoms with van der Waals surface area (Å²) in [5, 5.41) is 3.74. The standard InChI is InChI=1S/C23H25Cl2N5O/c1-28-21(16-18(24)22(28)25)23(31)27-19-4-2-3-5-20(19)30-14-12-29(13-15-30)11-8-17-6-9-26-10-7-17/h2-7,9-10,16H,8,11-15H2,1H3,(H,27,31). The van der Waals surface area contributed by atoms with Gasteiger partial charge in [-0.3, -0.25) is 14.7 Å². The first-order valence-corrected chi connectivity index (χ1v) is 11.1. The van der Waals surface area contributed by atoms with Crippen LogP contribution in [0.25, 0.3) is 0 Å². The van der Waals surface area contributed by atoms with Crippen molar-refractivity contribution in [2.24, 2.45) is 7.05 Å². The molecule has 1 aliphatic heterocycles. The normalized spacial score (nSPS) is 14.6. The van der Waals surface area contributed by atoms with Crippen molar-refractivity contribution in [1.29, 1.82) is 0 Å². The summed E-state index contributed by atoms with van der Waals surface area (Å²) >= 11 is 12.2. The summed E-state index contributed by atoms with van der Waals surface area (Å²) in [6.45, 7) is 4.81. The molecule has 3 aromatic rings. The summed E-state index contributed by atoms with van der Waals surface area (Å²) < 4.78 is 1.59. The van der Waals surface area contributed by atoms with Crippen molar-refractivity contribution in [3.8, 4) is 0 Å². The lowest BCUT2D eigenvalue weighted by molar-refractivity contribution is 0.101. The fraction of sp³-hybridized carbons (Fsp3) is 0.304. The average molecular weight is 458 g/mol. The second-order valence-corrected chi connectivity index (χ2v) is 8.40. The van der Waals surface area contributed by atoms with Crippen molar-refractivity contribution in [2.45, 2.75) is 6.42 Å². The van der Waals surface area contributed by atoms with Gasteiger partial charge in [0, 0.05) is 52.2 Å². The van der Waals surface area contributed by atoms with Gasteiger partial charge in [-0.15, -0.1) is 0 Å². The zero-order chi connectivity index (χ0) is 21.8. The first-order valence-electron chi connectivity index (χ1n) is 10.3. The van der Waals surface area contributed by atoms with E-state index in [4.69, 9.17) is 23.2 Å². The number of aromatic nitrogens is 2. The third-order valence-electron chi connectivity index (χ3n) is 5.68. The van der Waals surface area contributed by atoms with E-state index in [-0.39, 0.29) is 5.91 Å². The summed E-state index contributed by atoms with van der Waals surface area (Å²) in [4.78, 5) is 21.7. The quantitative estimate of drug-likeness (QED) is 0.597. The van der Waals surface area contributed by atoms with E-state index in [9.17, 15) is 4.79 Å². The number of pyridine rings is 1. The van der Waals surface area contributed by atoms with E-state index < -0.39 is 0 Å². The highest BCUT2D eigenvalue weighted by molar-refractivity contribution is 6.42. The number of piperazine rings is 1. The molecule has 8 heteroatoms. The molecular formula is C23H25Cl2N5O. The Morgan fingerprint density at radius 3 is 2.45 bits per heavy atom. The number of anilines is 2. The predicted octanol–water partition coefficient (Wildman–Crippen LogP) is 4.34. The van der Waals surface area contributed by atoms with Gasteiger partial charge >= 0.3 is 0 Å². The SMILES string of the molecule is Cn1c(C(=O)Nc2ccccc2N2CCN(CCc3ccncc3)CC2)cc(Cl)c1Cl. The van der Waals surface area contributed by atoms with Gasteiger partial charge in [-0.2, -0.15) is 0 Å². The largest absolute Gasteiger partial charge is 0.367 e. The van der Waals surface area contributed by atoms with Gasteiger partial charge in [-0.05, 0) is 42.3 Å². The number of nitrogens with one attached hydrogen (secondary N) is 1. The molecule has 0 atom stereocenters. The van der Waals surface area contributed by atoms with Gasteiger partial charge in [0.1, 0.15) is 10.8 Å². The van der Waals surface area contributed by atoms with Gasteiger partial charge in [0.2, 0.25) is 0 Å². The van der Waals surface area contributed by atoms with Crippen LogP contribution in [0.1, 0.15) is 16.1 Å². The summed E-state index contributed by atoms with van der Waals surface area (Å²) in [6, 6.07) is 13.6. The molecule has 1 fully saturated rings. The summed E-state index contributed by atoms with van der Waals surface area (Å²) in [5.74, 6) is -0.236. The Kier molecular flexibility index (Phi) is 6.80. The van der Waals surface area contributed by atoms with Gasteiger partial charge in [0.25, 0.3) is 5.91 Å². The molecule has 1 amide bonds. The van der Waals surface area contributed by atoms with Crippen LogP contribution in [-0.4, -0.2) is 53.1 Å². The molecule has 0 bridgehead atoms. The Hall–Kier alpha value is -2.54. The van der Waals surface area contributed by atoms with Crippen molar-refractivity contribution < 1.29 is 4.79 Å². The number of rotatable bonds is 6. The molecular weight excluding hydrogens is 433 g/mol. The maximum absolute atomic E-state index is 12.8. The fourth-order valence-electron chi connectivity index (χ4n) is 3.85. The lowest BCUT2D eigenvalue weighted by Gasteiger charge is -2.37. The molecule has 162 valence electrons. The number of halogens is 2. The molecule has 0 spiro atoms. The van der Waals surface area contributed by atoms with Gasteiger partial charge < -0.3 is 14.8 Å². The average Bonchev–Trinajstić information content (AvgIpc) is 3.06. The number of para-hydroxylation sites is 2. The van der Waals surface area contributed by atoms with Crippen LogP contribution in [0.2, 0.25) is 10.2 Å². The second-order valence-electron chi connectivity index (χ2n) is 7.63. The van der Waals surface area contributed by atoms with Gasteiger partial charge in [0.15, 0.2) is 0 Å². The Balaban J connectivity index is 1.38. The third kappa shape index (κ3) is 5.03. The molecule has 0 aliphatic carbocycles. The van der Waals surface area contributed by atoms with Crippen molar-refractivity contribution in [2.75, 3.05) is 42.9 Å². The smallest absolute Gasteiger partial charge is 0.272 e. The Morgan fingerprint density at radius 1 is 1.06 bits per heavy atom. The molecule has 2 aromatic heterocycles. The Bertz CT molecular complexity index is 1050. The van der Waals surface area contributed by atoms with E-state index in [2.05, 4.69) is 32.2 Å². The minimum Gasteiger partial charge on any atom is -0.367 e. The molecule has 0 radical (unpaired) electrons. The van der Waals surface area contributed by atoms with Crippen LogP contribution in [-0.2, 0) is 13.5 Å². The van der Waals surface area contributed by atoms with Crippen LogP contribution >= 0.6 is 23.2 Å². The van der Waals surface area contributed by atoms with Gasteiger partial charge in [-0.1, -0.05) is 35.3 Å². The lowest BCUT2D eigenvalue weighted by atomic mass is 10.1. The molecule has 0 saturated carbocycles. The molecule has 4 rings (SSSR count). The van der Waals surface area contributed by atoms with Crippen LogP contribution in [0.15, 0.2) is 54.9 Å². The third-order valence-corrected chi connectivity index (χ3v) is 6.52. The van der Waals surface area contributed by atoms with Crippen LogP contribution in [0.5, 0.6) is 0 Å². The number of carbonyl (C=O) groups is 1. The molecule has 31 heavy (non-hydrogen) atoms. The number of hydrogen-bond acceptors (Lipinski definition) is 4. The highest BCUT2D eigenvalue weighted by Crippen LogP contribution is 2.29. The Morgan fingerprint density at radius 2 is 1.77 bits per heavy atom. The maximum Gasteiger partial charge on any atom is 0.272 e. The van der Waals surface area contributed by atoms with Crippen molar-refractivity contribution >= 4 is 40.5 Å². The maximum atomic E-state index is 12.8. The fourth-order valence-corrected chi connectivity index (χ4v) is 4.23. The van der Waals surface area contributed by atoms with E-state index in [1.807, 2.05) is 36.7 Å². The van der Waals surface area contributed by atoms with Crippen LogP contribution in [0.3, 0.4) is 0 Å². The molecule has 1 aromatic carbocycles. The zero-order valence-electron chi connectivity index (χ0n) is 17.4. The van der Waals surface area contributed by atoms with E-state index in [0.717, 1.165) is 50.5 Å². The molecule has 6 nitrogen and oxygen atoms in total. The second kappa shape index (κ2) is 9.73. The number of hydrogen-bond donors (Lipinski definition) is 1. The zero-order valence-corrected chi connectivity index (χ0v) is 18.9. The van der Waals surface area contributed by atoms with E-state index in [1.165, 1.54) is 5.56 Å². The number of amides is 1. The highest BCUT2D eigenvalue weighted by atomic mass is 35.5. The molecule has 1 N–H and O–H groups in total. The Labute approximate surface area is 192 Å². The summed E-state index contributed by atoms with van der Waals surface area (Å²) in [6.07, 6.45) is 4.71. The molecule has 0 unspecified atom stereocenters.